The van der Waals surface area contributed by atoms with E-state index in [-0.39, 0.29) is 12.4 Å². The van der Waals surface area contributed by atoms with E-state index in [4.69, 9.17) is 4.74 Å². The normalized spacial score (nSPS) is 10.1. The predicted octanol–water partition coefficient (Wildman–Crippen LogP) is 3.71. The first kappa shape index (κ1) is 12.4. The Hall–Kier alpha value is -2.09. The summed E-state index contributed by atoms with van der Waals surface area (Å²) in [6, 6.07) is 17.8. The van der Waals surface area contributed by atoms with E-state index in [2.05, 4.69) is 0 Å². The van der Waals surface area contributed by atoms with Crippen molar-refractivity contribution < 1.29 is 9.53 Å². The van der Waals surface area contributed by atoms with Crippen LogP contribution in [0.1, 0.15) is 13.3 Å². The number of carbonyl (C=O) groups excluding carboxylic acids is 1. The van der Waals surface area contributed by atoms with Crippen LogP contribution in [-0.4, -0.2) is 12.4 Å². The number of ketones is 1. The van der Waals surface area contributed by atoms with Crippen molar-refractivity contribution in [3.63, 3.8) is 0 Å². The predicted molar refractivity (Wildman–Crippen MR) is 72.7 cm³/mol. The van der Waals surface area contributed by atoms with E-state index < -0.39 is 0 Å². The van der Waals surface area contributed by atoms with Gasteiger partial charge < -0.3 is 4.74 Å². The molecule has 2 heteroatoms. The summed E-state index contributed by atoms with van der Waals surface area (Å²) in [5.74, 6) is 0.864. The Labute approximate surface area is 107 Å². The average Bonchev–Trinajstić information content (AvgIpc) is 2.46. The second-order valence-corrected chi connectivity index (χ2v) is 4.04. The van der Waals surface area contributed by atoms with Crippen LogP contribution in [-0.2, 0) is 4.79 Å². The maximum atomic E-state index is 11.3. The molecule has 2 nitrogen and oxygen atoms in total. The van der Waals surface area contributed by atoms with Crippen LogP contribution in [0.15, 0.2) is 54.6 Å². The highest BCUT2D eigenvalue weighted by atomic mass is 16.5. The molecular formula is C16H16O2. The van der Waals surface area contributed by atoms with Gasteiger partial charge in [-0.05, 0) is 11.6 Å². The molecule has 92 valence electrons. The topological polar surface area (TPSA) is 26.3 Å². The molecule has 0 N–H and O–H groups in total. The lowest BCUT2D eigenvalue weighted by atomic mass is 10.1. The molecule has 0 unspecified atom stereocenters. The zero-order valence-electron chi connectivity index (χ0n) is 10.4. The lowest BCUT2D eigenvalue weighted by Gasteiger charge is -2.10. The number of ether oxygens (including phenoxy) is 1. The minimum Gasteiger partial charge on any atom is -0.485 e. The van der Waals surface area contributed by atoms with Gasteiger partial charge in [0.05, 0.1) is 0 Å². The van der Waals surface area contributed by atoms with Gasteiger partial charge in [-0.3, -0.25) is 4.79 Å². The first-order valence-electron chi connectivity index (χ1n) is 6.10. The summed E-state index contributed by atoms with van der Waals surface area (Å²) in [6.45, 7) is 1.98. The number of para-hydroxylation sites is 1. The second kappa shape index (κ2) is 6.01. The first-order chi connectivity index (χ1) is 8.81. The number of rotatable bonds is 5. The van der Waals surface area contributed by atoms with Gasteiger partial charge in [-0.1, -0.05) is 55.5 Å². The molecule has 0 aliphatic heterocycles. The molecule has 0 aliphatic carbocycles. The molecule has 0 saturated heterocycles. The molecule has 18 heavy (non-hydrogen) atoms. The molecule has 0 aromatic heterocycles. The van der Waals surface area contributed by atoms with E-state index in [1.807, 2.05) is 61.5 Å². The number of carbonyl (C=O) groups is 1. The van der Waals surface area contributed by atoms with Crippen molar-refractivity contribution in [1.29, 1.82) is 0 Å². The second-order valence-electron chi connectivity index (χ2n) is 4.04. The zero-order chi connectivity index (χ0) is 12.8. The minimum absolute atomic E-state index is 0.109. The van der Waals surface area contributed by atoms with Crippen LogP contribution in [0.3, 0.4) is 0 Å². The first-order valence-corrected chi connectivity index (χ1v) is 6.10. The molecule has 0 spiro atoms. The van der Waals surface area contributed by atoms with E-state index in [0.29, 0.717) is 6.42 Å². The summed E-state index contributed by atoms with van der Waals surface area (Å²) >= 11 is 0. The molecule has 0 amide bonds. The largest absolute Gasteiger partial charge is 0.485 e. The van der Waals surface area contributed by atoms with Crippen molar-refractivity contribution in [2.45, 2.75) is 13.3 Å². The van der Waals surface area contributed by atoms with Gasteiger partial charge >= 0.3 is 0 Å². The Morgan fingerprint density at radius 1 is 1.00 bits per heavy atom. The molecule has 0 bridgehead atoms. The van der Waals surface area contributed by atoms with Crippen LogP contribution < -0.4 is 4.74 Å². The zero-order valence-corrected chi connectivity index (χ0v) is 10.4. The van der Waals surface area contributed by atoms with E-state index in [1.54, 1.807) is 0 Å². The molecule has 0 aliphatic rings. The molecular weight excluding hydrogens is 224 g/mol. The highest BCUT2D eigenvalue weighted by Gasteiger charge is 2.06. The number of benzene rings is 2. The summed E-state index contributed by atoms with van der Waals surface area (Å²) < 4.78 is 5.59. The number of hydrogen-bond acceptors (Lipinski definition) is 2. The smallest absolute Gasteiger partial charge is 0.169 e. The maximum absolute atomic E-state index is 11.3. The van der Waals surface area contributed by atoms with Gasteiger partial charge in [0.2, 0.25) is 0 Å². The fourth-order valence-electron chi connectivity index (χ4n) is 1.71. The van der Waals surface area contributed by atoms with Crippen molar-refractivity contribution in [1.82, 2.24) is 0 Å². The van der Waals surface area contributed by atoms with E-state index in [1.165, 1.54) is 0 Å². The van der Waals surface area contributed by atoms with Gasteiger partial charge in [0, 0.05) is 12.0 Å². The fraction of sp³-hybridized carbons (Fsp3) is 0.188. The Morgan fingerprint density at radius 2 is 1.67 bits per heavy atom. The highest BCUT2D eigenvalue weighted by Crippen LogP contribution is 2.29. The van der Waals surface area contributed by atoms with Crippen LogP contribution in [0.4, 0.5) is 0 Å². The fourth-order valence-corrected chi connectivity index (χ4v) is 1.71. The van der Waals surface area contributed by atoms with Gasteiger partial charge in [0.1, 0.15) is 12.4 Å². The van der Waals surface area contributed by atoms with Gasteiger partial charge in [-0.25, -0.2) is 0 Å². The average molecular weight is 240 g/mol. The van der Waals surface area contributed by atoms with Gasteiger partial charge in [-0.2, -0.15) is 0 Å². The summed E-state index contributed by atoms with van der Waals surface area (Å²) in [5.41, 5.74) is 2.11. The molecule has 2 aromatic carbocycles. The monoisotopic (exact) mass is 240 g/mol. The number of Topliss-reactive ketones (excluding diaryl/α,β-unsaturated/α-hetero) is 1. The molecule has 2 rings (SSSR count). The van der Waals surface area contributed by atoms with Gasteiger partial charge in [-0.15, -0.1) is 0 Å². The lowest BCUT2D eigenvalue weighted by Crippen LogP contribution is -2.09. The number of hydrogen-bond donors (Lipinski definition) is 0. The van der Waals surface area contributed by atoms with Gasteiger partial charge in [0.25, 0.3) is 0 Å². The maximum Gasteiger partial charge on any atom is 0.169 e. The third-order valence-corrected chi connectivity index (χ3v) is 2.75. The quantitative estimate of drug-likeness (QED) is 0.796. The molecule has 0 radical (unpaired) electrons. The highest BCUT2D eigenvalue weighted by molar-refractivity contribution is 5.80. The van der Waals surface area contributed by atoms with Crippen LogP contribution >= 0.6 is 0 Å². The molecule has 0 heterocycles. The van der Waals surface area contributed by atoms with Crippen LogP contribution in [0.25, 0.3) is 11.1 Å². The third kappa shape index (κ3) is 2.98. The molecule has 0 fully saturated rings. The van der Waals surface area contributed by atoms with E-state index in [0.717, 1.165) is 16.9 Å². The Kier molecular flexibility index (Phi) is 4.13. The lowest BCUT2D eigenvalue weighted by molar-refractivity contribution is -0.120. The summed E-state index contributed by atoms with van der Waals surface area (Å²) in [5, 5.41) is 0. The standard InChI is InChI=1S/C16H16O2/c1-2-14(17)12-18-16-11-7-6-10-15(16)13-8-4-3-5-9-13/h3-11H,2,12H2,1H3. The summed E-state index contributed by atoms with van der Waals surface area (Å²) in [6.07, 6.45) is 0.507. The molecule has 0 atom stereocenters. The van der Waals surface area contributed by atoms with Crippen LogP contribution in [0, 0.1) is 0 Å². The van der Waals surface area contributed by atoms with Gasteiger partial charge in [0.15, 0.2) is 5.78 Å². The van der Waals surface area contributed by atoms with Crippen molar-refractivity contribution in [2.24, 2.45) is 0 Å². The van der Waals surface area contributed by atoms with Crippen LogP contribution in [0.2, 0.25) is 0 Å². The molecule has 0 saturated carbocycles. The minimum atomic E-state index is 0.109. The van der Waals surface area contributed by atoms with Crippen molar-refractivity contribution in [2.75, 3.05) is 6.61 Å². The van der Waals surface area contributed by atoms with Crippen molar-refractivity contribution >= 4 is 5.78 Å². The van der Waals surface area contributed by atoms with E-state index in [9.17, 15) is 4.79 Å². The Morgan fingerprint density at radius 3 is 2.39 bits per heavy atom. The summed E-state index contributed by atoms with van der Waals surface area (Å²) in [7, 11) is 0. The Balaban J connectivity index is 2.24. The Bertz CT molecular complexity index is 518. The van der Waals surface area contributed by atoms with Crippen LogP contribution in [0.5, 0.6) is 5.75 Å². The van der Waals surface area contributed by atoms with Crippen molar-refractivity contribution in [3.05, 3.63) is 54.6 Å². The SMILES string of the molecule is CCC(=O)COc1ccccc1-c1ccccc1. The third-order valence-electron chi connectivity index (χ3n) is 2.75. The molecule has 2 aromatic rings. The van der Waals surface area contributed by atoms with Crippen molar-refractivity contribution in [3.8, 4) is 16.9 Å². The summed E-state index contributed by atoms with van der Waals surface area (Å²) in [4.78, 5) is 11.3. The van der Waals surface area contributed by atoms with E-state index >= 15 is 0 Å².